The van der Waals surface area contributed by atoms with E-state index < -0.39 is 25.4 Å². The van der Waals surface area contributed by atoms with Crippen LogP contribution in [0.15, 0.2) is 12.2 Å². The van der Waals surface area contributed by atoms with Gasteiger partial charge in [0.2, 0.25) is 8.32 Å². The van der Waals surface area contributed by atoms with Crippen molar-refractivity contribution in [1.82, 2.24) is 0 Å². The van der Waals surface area contributed by atoms with Gasteiger partial charge in [0, 0.05) is 12.7 Å². The Morgan fingerprint density at radius 2 is 1.55 bits per heavy atom. The molecule has 0 aliphatic heterocycles. The summed E-state index contributed by atoms with van der Waals surface area (Å²) in [4.78, 5) is 11.8. The van der Waals surface area contributed by atoms with Crippen LogP contribution in [0.25, 0.3) is 0 Å². The van der Waals surface area contributed by atoms with Crippen LogP contribution in [0.5, 0.6) is 0 Å². The third-order valence-electron chi connectivity index (χ3n) is 3.24. The molecule has 1 unspecified atom stereocenters. The first-order valence-corrected chi connectivity index (χ1v) is 16.2. The Labute approximate surface area is 138 Å². The van der Waals surface area contributed by atoms with Gasteiger partial charge in [-0.15, -0.1) is 0 Å². The molecule has 0 radical (unpaired) electrons. The SMILES string of the molecule is C=C(C)C(=O)OC(CC)[Si](C)(C)O[Si](C)(C)O[Si](C)(C)OC. The maximum absolute atomic E-state index is 11.8. The fraction of sp³-hybridized carbons (Fsp3) is 0.786. The van der Waals surface area contributed by atoms with Gasteiger partial charge in [-0.1, -0.05) is 13.5 Å². The Hall–Kier alpha value is -0.259. The lowest BCUT2D eigenvalue weighted by atomic mass is 10.4. The number of carbonyl (C=O) groups excluding carboxylic acids is 1. The predicted molar refractivity (Wildman–Crippen MR) is 96.6 cm³/mol. The van der Waals surface area contributed by atoms with Crippen molar-refractivity contribution in [2.24, 2.45) is 0 Å². The molecule has 0 saturated heterocycles. The van der Waals surface area contributed by atoms with Crippen LogP contribution in [0.2, 0.25) is 39.3 Å². The van der Waals surface area contributed by atoms with Gasteiger partial charge in [-0.25, -0.2) is 4.79 Å². The van der Waals surface area contributed by atoms with Gasteiger partial charge in [0.1, 0.15) is 5.73 Å². The lowest BCUT2D eigenvalue weighted by molar-refractivity contribution is -0.141. The molecule has 1 atom stereocenters. The van der Waals surface area contributed by atoms with Gasteiger partial charge in [0.05, 0.1) is 0 Å². The molecule has 0 heterocycles. The topological polar surface area (TPSA) is 54.0 Å². The summed E-state index contributed by atoms with van der Waals surface area (Å²) in [5, 5.41) is 0. The Kier molecular flexibility index (Phi) is 7.93. The van der Waals surface area contributed by atoms with Crippen molar-refractivity contribution < 1.29 is 22.2 Å². The first-order chi connectivity index (χ1) is 9.76. The van der Waals surface area contributed by atoms with E-state index >= 15 is 0 Å². The molecule has 0 bridgehead atoms. The van der Waals surface area contributed by atoms with Gasteiger partial charge in [0.15, 0.2) is 0 Å². The summed E-state index contributed by atoms with van der Waals surface area (Å²) in [6.45, 7) is 19.4. The molecule has 0 aliphatic carbocycles. The van der Waals surface area contributed by atoms with Crippen LogP contribution in [0.4, 0.5) is 0 Å². The van der Waals surface area contributed by atoms with E-state index in [1.807, 2.05) is 33.1 Å². The van der Waals surface area contributed by atoms with Gasteiger partial charge < -0.3 is 17.4 Å². The highest BCUT2D eigenvalue weighted by atomic mass is 28.5. The minimum absolute atomic E-state index is 0.223. The van der Waals surface area contributed by atoms with E-state index in [9.17, 15) is 4.79 Å². The van der Waals surface area contributed by atoms with E-state index in [1.165, 1.54) is 0 Å². The molecule has 0 spiro atoms. The normalized spacial score (nSPS) is 14.6. The molecule has 0 aromatic rings. The highest BCUT2D eigenvalue weighted by Gasteiger charge is 2.44. The van der Waals surface area contributed by atoms with Crippen molar-refractivity contribution in [3.8, 4) is 0 Å². The molecule has 0 fully saturated rings. The number of rotatable bonds is 9. The Balaban J connectivity index is 5.03. The maximum Gasteiger partial charge on any atom is 0.333 e. The number of hydrogen-bond acceptors (Lipinski definition) is 5. The molecule has 8 heteroatoms. The zero-order valence-corrected chi connectivity index (χ0v) is 18.5. The van der Waals surface area contributed by atoms with Crippen LogP contribution >= 0.6 is 0 Å². The summed E-state index contributed by atoms with van der Waals surface area (Å²) in [6, 6.07) is 0. The minimum Gasteiger partial charge on any atom is -0.460 e. The molecular weight excluding hydrogens is 332 g/mol. The predicted octanol–water partition coefficient (Wildman–Crippen LogP) is 3.71. The number of ether oxygens (including phenoxy) is 1. The quantitative estimate of drug-likeness (QED) is 0.354. The summed E-state index contributed by atoms with van der Waals surface area (Å²) in [5.74, 6) is -0.358. The van der Waals surface area contributed by atoms with Gasteiger partial charge in [-0.3, -0.25) is 0 Å². The smallest absolute Gasteiger partial charge is 0.333 e. The van der Waals surface area contributed by atoms with Crippen LogP contribution in [0.3, 0.4) is 0 Å². The number of esters is 1. The first kappa shape index (κ1) is 21.7. The van der Waals surface area contributed by atoms with Crippen molar-refractivity contribution in [3.63, 3.8) is 0 Å². The molecule has 130 valence electrons. The monoisotopic (exact) mass is 364 g/mol. The van der Waals surface area contributed by atoms with Gasteiger partial charge in [0.25, 0.3) is 0 Å². The zero-order valence-electron chi connectivity index (χ0n) is 15.5. The van der Waals surface area contributed by atoms with Crippen molar-refractivity contribution in [3.05, 3.63) is 12.2 Å². The second-order valence-electron chi connectivity index (χ2n) is 6.89. The molecular formula is C14H32O5Si3. The van der Waals surface area contributed by atoms with E-state index in [0.29, 0.717) is 12.0 Å². The zero-order chi connectivity index (χ0) is 17.8. The Morgan fingerprint density at radius 3 is 1.91 bits per heavy atom. The molecule has 0 aromatic carbocycles. The van der Waals surface area contributed by atoms with Crippen LogP contribution in [-0.4, -0.2) is 44.2 Å². The van der Waals surface area contributed by atoms with Crippen molar-refractivity contribution >= 4 is 31.4 Å². The summed E-state index contributed by atoms with van der Waals surface area (Å²) < 4.78 is 23.6. The molecule has 0 aliphatic rings. The van der Waals surface area contributed by atoms with E-state index in [1.54, 1.807) is 14.0 Å². The molecule has 0 N–H and O–H groups in total. The first-order valence-electron chi connectivity index (χ1n) is 7.58. The Morgan fingerprint density at radius 1 is 1.05 bits per heavy atom. The third-order valence-corrected chi connectivity index (χ3v) is 14.3. The molecule has 22 heavy (non-hydrogen) atoms. The van der Waals surface area contributed by atoms with Crippen molar-refractivity contribution in [2.45, 2.75) is 65.3 Å². The standard InChI is InChI=1S/C14H32O5Si3/c1-11-13(17-14(15)12(2)3)20(5,6)18-22(9,10)19-21(7,8)16-4/h13H,2,11H2,1,3-10H3. The average Bonchev–Trinajstić information content (AvgIpc) is 2.32. The van der Waals surface area contributed by atoms with Crippen LogP contribution < -0.4 is 0 Å². The lowest BCUT2D eigenvalue weighted by Crippen LogP contribution is -2.58. The molecule has 0 aromatic heterocycles. The second-order valence-corrected chi connectivity index (χ2v) is 18.4. The molecule has 0 saturated carbocycles. The van der Waals surface area contributed by atoms with E-state index in [0.717, 1.165) is 0 Å². The second kappa shape index (κ2) is 8.02. The van der Waals surface area contributed by atoms with Crippen molar-refractivity contribution in [2.75, 3.05) is 7.11 Å². The van der Waals surface area contributed by atoms with Crippen LogP contribution in [0.1, 0.15) is 20.3 Å². The summed E-state index contributed by atoms with van der Waals surface area (Å²) in [7, 11) is -5.14. The summed E-state index contributed by atoms with van der Waals surface area (Å²) in [5.41, 5.74) is 0.184. The lowest BCUT2D eigenvalue weighted by Gasteiger charge is -2.40. The average molecular weight is 365 g/mol. The highest BCUT2D eigenvalue weighted by Crippen LogP contribution is 2.25. The molecule has 5 nitrogen and oxygen atoms in total. The van der Waals surface area contributed by atoms with Gasteiger partial charge in [-0.05, 0) is 52.6 Å². The Bertz CT molecular complexity index is 407. The fourth-order valence-corrected chi connectivity index (χ4v) is 14.9. The van der Waals surface area contributed by atoms with Gasteiger partial charge >= 0.3 is 23.1 Å². The van der Waals surface area contributed by atoms with Gasteiger partial charge in [-0.2, -0.15) is 0 Å². The summed E-state index contributed by atoms with van der Waals surface area (Å²) in [6.07, 6.45) is 0.716. The minimum atomic E-state index is -2.37. The highest BCUT2D eigenvalue weighted by molar-refractivity contribution is 6.86. The van der Waals surface area contributed by atoms with E-state index in [2.05, 4.69) is 19.7 Å². The van der Waals surface area contributed by atoms with E-state index in [4.69, 9.17) is 17.4 Å². The fourth-order valence-electron chi connectivity index (χ4n) is 2.30. The third kappa shape index (κ3) is 7.34. The number of carbonyl (C=O) groups is 1. The maximum atomic E-state index is 11.8. The molecule has 0 amide bonds. The summed E-state index contributed by atoms with van der Waals surface area (Å²) >= 11 is 0. The van der Waals surface area contributed by atoms with Crippen LogP contribution in [0, 0.1) is 0 Å². The van der Waals surface area contributed by atoms with Crippen molar-refractivity contribution in [1.29, 1.82) is 0 Å². The number of hydrogen-bond donors (Lipinski definition) is 0. The molecule has 0 rings (SSSR count). The van der Waals surface area contributed by atoms with E-state index in [-0.39, 0.29) is 11.7 Å². The van der Waals surface area contributed by atoms with Crippen LogP contribution in [-0.2, 0) is 22.2 Å². The largest absolute Gasteiger partial charge is 0.460 e.